The molecule has 0 fully saturated rings. The molecule has 30 heavy (non-hydrogen) atoms. The minimum absolute atomic E-state index is 0.120. The first-order chi connectivity index (χ1) is 14.0. The van der Waals surface area contributed by atoms with Crippen molar-refractivity contribution in [2.45, 2.75) is 26.1 Å². The highest BCUT2D eigenvalue weighted by Crippen LogP contribution is 2.35. The fraction of sp³-hybridized carbons (Fsp3) is 0.238. The number of hydrogen-bond acceptors (Lipinski definition) is 4. The van der Waals surface area contributed by atoms with E-state index >= 15 is 0 Å². The van der Waals surface area contributed by atoms with Crippen LogP contribution in [0.25, 0.3) is 10.9 Å². The monoisotopic (exact) mass is 421 g/mol. The van der Waals surface area contributed by atoms with Crippen LogP contribution in [0.3, 0.4) is 0 Å². The normalized spacial score (nSPS) is 12.6. The van der Waals surface area contributed by atoms with Crippen LogP contribution in [0, 0.1) is 6.92 Å². The molecule has 9 heteroatoms. The molecular weight excluding hydrogens is 403 g/mol. The second-order valence-corrected chi connectivity index (χ2v) is 6.65. The van der Waals surface area contributed by atoms with Crippen molar-refractivity contribution in [2.75, 3.05) is 7.11 Å². The number of carbonyl (C=O) groups is 2. The van der Waals surface area contributed by atoms with Gasteiger partial charge in [0.2, 0.25) is 0 Å². The average molecular weight is 421 g/mol. The predicted octanol–water partition coefficient (Wildman–Crippen LogP) is 4.73. The summed E-state index contributed by atoms with van der Waals surface area (Å²) in [4.78, 5) is 24.8. The third-order valence-electron chi connectivity index (χ3n) is 4.80. The van der Waals surface area contributed by atoms with E-state index in [2.05, 4.69) is 4.74 Å². The van der Waals surface area contributed by atoms with E-state index in [1.165, 1.54) is 30.7 Å². The lowest BCUT2D eigenvalue weighted by Gasteiger charge is -2.11. The molecule has 0 aliphatic heterocycles. The first-order valence-electron chi connectivity index (χ1n) is 8.85. The summed E-state index contributed by atoms with van der Waals surface area (Å²) in [7, 11) is 1.47. The highest BCUT2D eigenvalue weighted by Gasteiger charge is 2.31. The Morgan fingerprint density at radius 2 is 1.67 bits per heavy atom. The topological polar surface area (TPSA) is 77.8 Å². The van der Waals surface area contributed by atoms with Gasteiger partial charge < -0.3 is 14.6 Å². The number of nitrogens with zero attached hydrogens (tertiary/aromatic N) is 1. The Kier molecular flexibility index (Phi) is 5.47. The Morgan fingerprint density at radius 3 is 2.20 bits per heavy atom. The van der Waals surface area contributed by atoms with Gasteiger partial charge in [-0.3, -0.25) is 14.2 Å². The molecule has 1 aromatic heterocycles. The SMILES string of the molecule is COc1ccc2c(c1)c(C(C)C(=O)O)c(C)n2C(=O)c1ccc(OC(F)(F)F)cc1. The lowest BCUT2D eigenvalue weighted by atomic mass is 9.98. The molecule has 3 aromatic rings. The van der Waals surface area contributed by atoms with E-state index in [9.17, 15) is 27.9 Å². The van der Waals surface area contributed by atoms with Crippen LogP contribution in [0.5, 0.6) is 11.5 Å². The highest BCUT2D eigenvalue weighted by molar-refractivity contribution is 6.05. The standard InChI is InChI=1S/C21H18F3NO5/c1-11(20(27)28)18-12(2)25(17-9-8-15(29-3)10-16(17)18)19(26)13-4-6-14(7-5-13)30-21(22,23)24/h4-11H,1-3H3,(H,27,28). The molecule has 0 aliphatic carbocycles. The molecule has 6 nitrogen and oxygen atoms in total. The van der Waals surface area contributed by atoms with Crippen molar-refractivity contribution in [3.05, 3.63) is 59.3 Å². The number of benzene rings is 2. The number of carbonyl (C=O) groups excluding carboxylic acids is 1. The molecule has 0 spiro atoms. The number of rotatable bonds is 5. The van der Waals surface area contributed by atoms with E-state index in [0.717, 1.165) is 12.1 Å². The summed E-state index contributed by atoms with van der Waals surface area (Å²) in [6, 6.07) is 9.47. The summed E-state index contributed by atoms with van der Waals surface area (Å²) in [5, 5.41) is 10.1. The van der Waals surface area contributed by atoms with E-state index in [0.29, 0.717) is 27.9 Å². The smallest absolute Gasteiger partial charge is 0.497 e. The van der Waals surface area contributed by atoms with Gasteiger partial charge in [-0.2, -0.15) is 0 Å². The zero-order valence-corrected chi connectivity index (χ0v) is 16.3. The van der Waals surface area contributed by atoms with E-state index in [4.69, 9.17) is 4.74 Å². The Balaban J connectivity index is 2.12. The Labute approximate surface area is 169 Å². The van der Waals surface area contributed by atoms with Crippen molar-refractivity contribution >= 4 is 22.8 Å². The number of aliphatic carboxylic acids is 1. The zero-order chi connectivity index (χ0) is 22.2. The van der Waals surface area contributed by atoms with Crippen molar-refractivity contribution < 1.29 is 37.3 Å². The molecule has 1 unspecified atom stereocenters. The van der Waals surface area contributed by atoms with E-state index in [1.807, 2.05) is 0 Å². The average Bonchev–Trinajstić information content (AvgIpc) is 2.96. The van der Waals surface area contributed by atoms with Gasteiger partial charge in [-0.05, 0) is 61.9 Å². The molecule has 2 aromatic carbocycles. The maximum atomic E-state index is 13.2. The lowest BCUT2D eigenvalue weighted by Crippen LogP contribution is -2.17. The van der Waals surface area contributed by atoms with Crippen LogP contribution >= 0.6 is 0 Å². The Bertz CT molecular complexity index is 1120. The zero-order valence-electron chi connectivity index (χ0n) is 16.3. The summed E-state index contributed by atoms with van der Waals surface area (Å²) in [5.74, 6) is -2.40. The maximum Gasteiger partial charge on any atom is 0.573 e. The highest BCUT2D eigenvalue weighted by atomic mass is 19.4. The summed E-state index contributed by atoms with van der Waals surface area (Å²) < 4.78 is 47.4. The first-order valence-corrected chi connectivity index (χ1v) is 8.85. The number of fused-ring (bicyclic) bond motifs is 1. The van der Waals surface area contributed by atoms with Gasteiger partial charge in [-0.15, -0.1) is 13.2 Å². The predicted molar refractivity (Wildman–Crippen MR) is 102 cm³/mol. The van der Waals surface area contributed by atoms with Gasteiger partial charge in [0.05, 0.1) is 18.5 Å². The molecule has 1 N–H and O–H groups in total. The van der Waals surface area contributed by atoms with Gasteiger partial charge >= 0.3 is 12.3 Å². The first kappa shape index (κ1) is 21.2. The van der Waals surface area contributed by atoms with E-state index in [1.54, 1.807) is 25.1 Å². The number of methoxy groups -OCH3 is 1. The van der Waals surface area contributed by atoms with E-state index in [-0.39, 0.29) is 5.56 Å². The van der Waals surface area contributed by atoms with Crippen molar-refractivity contribution in [3.8, 4) is 11.5 Å². The number of carboxylic acids is 1. The number of hydrogen-bond donors (Lipinski definition) is 1. The van der Waals surface area contributed by atoms with Crippen LogP contribution < -0.4 is 9.47 Å². The van der Waals surface area contributed by atoms with E-state index < -0.39 is 29.9 Å². The van der Waals surface area contributed by atoms with Gasteiger partial charge in [-0.1, -0.05) is 0 Å². The maximum absolute atomic E-state index is 13.2. The molecule has 158 valence electrons. The van der Waals surface area contributed by atoms with Gasteiger partial charge in [0.25, 0.3) is 5.91 Å². The van der Waals surface area contributed by atoms with Crippen LogP contribution in [0.15, 0.2) is 42.5 Å². The Hall–Kier alpha value is -3.49. The third kappa shape index (κ3) is 3.96. The second-order valence-electron chi connectivity index (χ2n) is 6.65. The summed E-state index contributed by atoms with van der Waals surface area (Å²) in [5.41, 5.74) is 1.47. The minimum Gasteiger partial charge on any atom is -0.497 e. The molecule has 0 aliphatic rings. The molecule has 3 rings (SSSR count). The molecule has 0 radical (unpaired) electrons. The second kappa shape index (κ2) is 7.74. The van der Waals surface area contributed by atoms with Gasteiger partial charge in [0.1, 0.15) is 11.5 Å². The van der Waals surface area contributed by atoms with Crippen LogP contribution in [0.2, 0.25) is 0 Å². The number of halogens is 3. The molecule has 0 saturated carbocycles. The van der Waals surface area contributed by atoms with Crippen molar-refractivity contribution in [1.82, 2.24) is 4.57 Å². The summed E-state index contributed by atoms with van der Waals surface area (Å²) >= 11 is 0. The number of ether oxygens (including phenoxy) is 2. The largest absolute Gasteiger partial charge is 0.573 e. The number of carboxylic acid groups (broad SMARTS) is 1. The van der Waals surface area contributed by atoms with Crippen molar-refractivity contribution in [1.29, 1.82) is 0 Å². The van der Waals surface area contributed by atoms with Gasteiger partial charge in [0, 0.05) is 16.6 Å². The third-order valence-corrected chi connectivity index (χ3v) is 4.80. The minimum atomic E-state index is -4.83. The van der Waals surface area contributed by atoms with Crippen molar-refractivity contribution in [2.24, 2.45) is 0 Å². The summed E-state index contributed by atoms with van der Waals surface area (Å²) in [6.45, 7) is 3.14. The fourth-order valence-electron chi connectivity index (χ4n) is 3.41. The Morgan fingerprint density at radius 1 is 1.07 bits per heavy atom. The number of aromatic nitrogens is 1. The quantitative estimate of drug-likeness (QED) is 0.644. The molecule has 1 atom stereocenters. The molecule has 0 amide bonds. The van der Waals surface area contributed by atoms with Crippen molar-refractivity contribution in [3.63, 3.8) is 0 Å². The molecule has 1 heterocycles. The summed E-state index contributed by atoms with van der Waals surface area (Å²) in [6.07, 6.45) is -4.83. The lowest BCUT2D eigenvalue weighted by molar-refractivity contribution is -0.274. The molecule has 0 saturated heterocycles. The van der Waals surface area contributed by atoms with Crippen LogP contribution in [-0.2, 0) is 4.79 Å². The number of alkyl halides is 3. The van der Waals surface area contributed by atoms with Crippen LogP contribution in [0.4, 0.5) is 13.2 Å². The molecule has 0 bridgehead atoms. The van der Waals surface area contributed by atoms with Gasteiger partial charge in [-0.25, -0.2) is 0 Å². The van der Waals surface area contributed by atoms with Crippen LogP contribution in [0.1, 0.15) is 34.5 Å². The van der Waals surface area contributed by atoms with Gasteiger partial charge in [0.15, 0.2) is 0 Å². The fourth-order valence-corrected chi connectivity index (χ4v) is 3.41. The van der Waals surface area contributed by atoms with Crippen LogP contribution in [-0.4, -0.2) is 35.0 Å². The molecular formula is C21H18F3NO5.